The summed E-state index contributed by atoms with van der Waals surface area (Å²) in [5, 5.41) is 7.32. The van der Waals surface area contributed by atoms with Crippen LogP contribution in [0.3, 0.4) is 0 Å². The van der Waals surface area contributed by atoms with Gasteiger partial charge < -0.3 is 0 Å². The van der Waals surface area contributed by atoms with Crippen molar-refractivity contribution >= 4 is 26.1 Å². The van der Waals surface area contributed by atoms with Gasteiger partial charge in [-0.2, -0.15) is 26.3 Å². The van der Waals surface area contributed by atoms with Crippen LogP contribution in [-0.2, 0) is 33.1 Å². The maximum atomic E-state index is 10.8. The summed E-state index contributed by atoms with van der Waals surface area (Å²) in [6.45, 7) is 8.09. The van der Waals surface area contributed by atoms with Crippen LogP contribution in [0.5, 0.6) is 0 Å². The molecule has 0 fully saturated rings. The van der Waals surface area contributed by atoms with E-state index in [0.717, 1.165) is 13.1 Å². The molecule has 0 aliphatic rings. The predicted molar refractivity (Wildman–Crippen MR) is 123 cm³/mol. The van der Waals surface area contributed by atoms with E-state index in [-0.39, 0.29) is 0 Å². The number of imidazole rings is 1. The lowest BCUT2D eigenvalue weighted by Gasteiger charge is -1.99. The van der Waals surface area contributed by atoms with Crippen LogP contribution in [0, 0.1) is 0 Å². The van der Waals surface area contributed by atoms with Crippen LogP contribution in [0.4, 0.5) is 26.3 Å². The Kier molecular flexibility index (Phi) is 13.4. The number of nitrogens with two attached hydrogens (primary N) is 2. The van der Waals surface area contributed by atoms with E-state index in [1.807, 2.05) is 6.08 Å². The van der Waals surface area contributed by atoms with E-state index < -0.39 is 31.1 Å². The molecule has 0 unspecified atom stereocenters. The number of benzene rings is 1. The highest BCUT2D eigenvalue weighted by atomic mass is 32.2. The molecule has 0 bridgehead atoms. The second-order valence-electron chi connectivity index (χ2n) is 7.31. The van der Waals surface area contributed by atoms with Crippen LogP contribution in [0.25, 0.3) is 6.08 Å². The largest absolute Gasteiger partial charge is 0.511 e. The number of halogens is 6. The molecule has 16 heteroatoms. The first-order valence-electron chi connectivity index (χ1n) is 10.3. The zero-order chi connectivity index (χ0) is 28.2. The van der Waals surface area contributed by atoms with Gasteiger partial charge in [0.15, 0.2) is 0 Å². The predicted octanol–water partition coefficient (Wildman–Crippen LogP) is 3.64. The smallest absolute Gasteiger partial charge is 0.237 e. The minimum absolute atomic E-state index is 0.930. The van der Waals surface area contributed by atoms with Crippen molar-refractivity contribution in [1.82, 2.24) is 4.57 Å². The van der Waals surface area contributed by atoms with Crippen LogP contribution in [-0.4, -0.2) is 32.4 Å². The van der Waals surface area contributed by atoms with E-state index in [1.165, 1.54) is 36.8 Å². The van der Waals surface area contributed by atoms with Crippen LogP contribution in [0.15, 0.2) is 49.6 Å². The second-order valence-corrected chi connectivity index (χ2v) is 10.4. The summed E-state index contributed by atoms with van der Waals surface area (Å²) in [6.07, 6.45) is 13.7. The van der Waals surface area contributed by atoms with Crippen LogP contribution >= 0.6 is 0 Å². The Morgan fingerprint density at radius 2 is 1.39 bits per heavy atom. The molecule has 206 valence electrons. The Morgan fingerprint density at radius 3 is 1.78 bits per heavy atom. The molecule has 2 aromatic rings. The van der Waals surface area contributed by atoms with Crippen molar-refractivity contribution in [1.29, 1.82) is 0 Å². The molecule has 0 atom stereocenters. The highest BCUT2D eigenvalue weighted by molar-refractivity contribution is 7.90. The molecule has 0 radical (unpaired) electrons. The molecule has 4 N–H and O–H groups in total. The van der Waals surface area contributed by atoms with Gasteiger partial charge in [-0.25, -0.2) is 36.2 Å². The Labute approximate surface area is 206 Å². The SMILES string of the molecule is C=Cc1ccc(C[n+]2ccn(CCCCCC)c2)cc1.NS(=O)(=O)C(F)(F)F.NS(=O)(=O)C(F)(F)F. The molecular weight excluding hydrogens is 538 g/mol. The third-order valence-corrected chi connectivity index (χ3v) is 5.53. The van der Waals surface area contributed by atoms with Crippen molar-refractivity contribution in [3.63, 3.8) is 0 Å². The third kappa shape index (κ3) is 13.6. The topological polar surface area (TPSA) is 129 Å². The lowest BCUT2D eigenvalue weighted by molar-refractivity contribution is -0.687. The second kappa shape index (κ2) is 14.3. The first kappa shape index (κ1) is 33.6. The number of rotatable bonds is 8. The number of aromatic nitrogens is 2. The van der Waals surface area contributed by atoms with E-state index in [0.29, 0.717) is 0 Å². The lowest BCUT2D eigenvalue weighted by Crippen LogP contribution is -2.31. The van der Waals surface area contributed by atoms with Crippen molar-refractivity contribution in [2.75, 3.05) is 0 Å². The van der Waals surface area contributed by atoms with Crippen molar-refractivity contribution in [2.45, 2.75) is 56.7 Å². The summed E-state index contributed by atoms with van der Waals surface area (Å²) in [7, 11) is -10.7. The average Bonchev–Trinajstić information content (AvgIpc) is 3.17. The van der Waals surface area contributed by atoms with Crippen molar-refractivity contribution in [3.05, 3.63) is 60.7 Å². The molecule has 0 saturated heterocycles. The van der Waals surface area contributed by atoms with E-state index in [9.17, 15) is 43.2 Å². The number of unbranched alkanes of at least 4 members (excludes halogenated alkanes) is 3. The first-order valence-corrected chi connectivity index (χ1v) is 13.4. The van der Waals surface area contributed by atoms with Gasteiger partial charge >= 0.3 is 31.1 Å². The van der Waals surface area contributed by atoms with Gasteiger partial charge in [-0.1, -0.05) is 56.7 Å². The maximum Gasteiger partial charge on any atom is 0.511 e. The zero-order valence-corrected chi connectivity index (χ0v) is 21.0. The molecule has 8 nitrogen and oxygen atoms in total. The number of sulfonamides is 2. The summed E-state index contributed by atoms with van der Waals surface area (Å²) in [6, 6.07) is 8.57. The maximum absolute atomic E-state index is 10.8. The van der Waals surface area contributed by atoms with Gasteiger partial charge in [-0.05, 0) is 24.0 Å². The Hall–Kier alpha value is -2.43. The summed E-state index contributed by atoms with van der Waals surface area (Å²) in [4.78, 5) is 0. The van der Waals surface area contributed by atoms with Gasteiger partial charge in [0.05, 0.1) is 6.54 Å². The molecule has 1 aromatic heterocycles. The minimum atomic E-state index is -5.34. The fourth-order valence-corrected chi connectivity index (χ4v) is 2.36. The number of primary sulfonamides is 2. The number of hydrogen-bond donors (Lipinski definition) is 2. The zero-order valence-electron chi connectivity index (χ0n) is 19.3. The van der Waals surface area contributed by atoms with Crippen molar-refractivity contribution in [2.24, 2.45) is 10.3 Å². The lowest BCUT2D eigenvalue weighted by atomic mass is 10.1. The standard InChI is InChI=1S/C18H25N2.2CH2F3NO2S/c1-3-5-6-7-12-19-13-14-20(16-19)15-18-10-8-17(4-2)9-11-18;2*2-1(3,4)8(5,6)7/h4,8-11,13-14,16H,2-3,5-7,12,15H2,1H3;2*(H2,5,6,7)/q+1;;. The minimum Gasteiger partial charge on any atom is -0.237 e. The summed E-state index contributed by atoms with van der Waals surface area (Å²) < 4.78 is 107. The molecule has 0 amide bonds. The van der Waals surface area contributed by atoms with Gasteiger partial charge in [-0.3, -0.25) is 0 Å². The third-order valence-electron chi connectivity index (χ3n) is 4.24. The molecule has 1 aromatic carbocycles. The van der Waals surface area contributed by atoms with E-state index in [2.05, 4.69) is 75.9 Å². The molecule has 0 aliphatic heterocycles. The normalized spacial score (nSPS) is 12.1. The summed E-state index contributed by atoms with van der Waals surface area (Å²) >= 11 is 0. The quantitative estimate of drug-likeness (QED) is 0.287. The highest BCUT2D eigenvalue weighted by Crippen LogP contribution is 2.19. The van der Waals surface area contributed by atoms with Gasteiger partial charge in [0, 0.05) is 0 Å². The molecule has 36 heavy (non-hydrogen) atoms. The number of nitrogens with zero attached hydrogens (tertiary/aromatic N) is 2. The van der Waals surface area contributed by atoms with E-state index >= 15 is 0 Å². The first-order chi connectivity index (χ1) is 16.3. The Morgan fingerprint density at radius 1 is 0.917 bits per heavy atom. The summed E-state index contributed by atoms with van der Waals surface area (Å²) in [5.41, 5.74) is -8.13. The van der Waals surface area contributed by atoms with E-state index in [1.54, 1.807) is 0 Å². The molecule has 0 spiro atoms. The van der Waals surface area contributed by atoms with Gasteiger partial charge in [-0.15, -0.1) is 0 Å². The molecule has 0 saturated carbocycles. The Balaban J connectivity index is 0.000000634. The van der Waals surface area contributed by atoms with Crippen LogP contribution in [0.2, 0.25) is 0 Å². The molecule has 0 aliphatic carbocycles. The Bertz CT molecular complexity index is 1100. The number of aryl methyl sites for hydroxylation is 1. The fourth-order valence-electron chi connectivity index (χ4n) is 2.36. The molecular formula is C20H29F6N4O4S2+. The van der Waals surface area contributed by atoms with Crippen LogP contribution in [0.1, 0.15) is 43.7 Å². The molecule has 2 rings (SSSR count). The monoisotopic (exact) mass is 567 g/mol. The van der Waals surface area contributed by atoms with Crippen molar-refractivity contribution in [3.8, 4) is 0 Å². The number of hydrogen-bond acceptors (Lipinski definition) is 4. The summed E-state index contributed by atoms with van der Waals surface area (Å²) in [5.74, 6) is 0. The van der Waals surface area contributed by atoms with Gasteiger partial charge in [0.1, 0.15) is 18.9 Å². The number of alkyl halides is 6. The highest BCUT2D eigenvalue weighted by Gasteiger charge is 2.43. The van der Waals surface area contributed by atoms with E-state index in [4.69, 9.17) is 0 Å². The van der Waals surface area contributed by atoms with Gasteiger partial charge in [0.2, 0.25) is 6.33 Å². The fraction of sp³-hybridized carbons (Fsp3) is 0.450. The van der Waals surface area contributed by atoms with Gasteiger partial charge in [0.25, 0.3) is 0 Å². The molecule has 1 heterocycles. The van der Waals surface area contributed by atoms with Crippen molar-refractivity contribution < 1.29 is 47.7 Å². The van der Waals surface area contributed by atoms with Crippen LogP contribution < -0.4 is 14.8 Å². The average molecular weight is 568 g/mol.